The number of hydrogen-bond acceptors (Lipinski definition) is 4. The van der Waals surface area contributed by atoms with E-state index in [1.165, 1.54) is 0 Å². The quantitative estimate of drug-likeness (QED) is 0.747. The third-order valence-corrected chi connectivity index (χ3v) is 2.15. The van der Waals surface area contributed by atoms with Crippen LogP contribution < -0.4 is 10.6 Å². The second-order valence-electron chi connectivity index (χ2n) is 3.52. The predicted molar refractivity (Wildman–Crippen MR) is 62.9 cm³/mol. The van der Waals surface area contributed by atoms with Crippen molar-refractivity contribution in [1.82, 2.24) is 10.3 Å². The lowest BCUT2D eigenvalue weighted by Gasteiger charge is -2.05. The Morgan fingerprint density at radius 3 is 3.12 bits per heavy atom. The van der Waals surface area contributed by atoms with Crippen LogP contribution >= 0.6 is 0 Å². The predicted octanol–water partition coefficient (Wildman–Crippen LogP) is 1.25. The van der Waals surface area contributed by atoms with Crippen LogP contribution in [0.15, 0.2) is 22.6 Å². The van der Waals surface area contributed by atoms with Crippen molar-refractivity contribution >= 4 is 22.8 Å². The van der Waals surface area contributed by atoms with Gasteiger partial charge < -0.3 is 20.2 Å². The number of carbonyl (C=O) groups is 1. The first kappa shape index (κ1) is 11.4. The number of aryl methyl sites for hydroxylation is 1. The Bertz CT molecular complexity index is 536. The number of aliphatic hydroxyl groups is 1. The zero-order chi connectivity index (χ0) is 12.3. The molecule has 2 rings (SSSR count). The molecule has 0 bridgehead atoms. The van der Waals surface area contributed by atoms with Crippen LogP contribution in [0.3, 0.4) is 0 Å². The van der Waals surface area contributed by atoms with E-state index in [0.717, 1.165) is 5.52 Å². The maximum absolute atomic E-state index is 11.3. The summed E-state index contributed by atoms with van der Waals surface area (Å²) in [5.74, 6) is 0.585. The van der Waals surface area contributed by atoms with Crippen molar-refractivity contribution in [3.63, 3.8) is 0 Å². The smallest absolute Gasteiger partial charge is 0.319 e. The number of fused-ring (bicyclic) bond motifs is 1. The molecule has 17 heavy (non-hydrogen) atoms. The molecule has 0 spiro atoms. The first-order valence-corrected chi connectivity index (χ1v) is 5.22. The molecule has 0 aliphatic rings. The Morgan fingerprint density at radius 1 is 1.53 bits per heavy atom. The lowest BCUT2D eigenvalue weighted by atomic mass is 10.3. The van der Waals surface area contributed by atoms with E-state index in [1.807, 2.05) is 0 Å². The summed E-state index contributed by atoms with van der Waals surface area (Å²) in [5.41, 5.74) is 2.00. The van der Waals surface area contributed by atoms with Gasteiger partial charge in [-0.3, -0.25) is 0 Å². The highest BCUT2D eigenvalue weighted by Crippen LogP contribution is 2.19. The van der Waals surface area contributed by atoms with Gasteiger partial charge in [0.1, 0.15) is 5.52 Å². The molecule has 0 saturated heterocycles. The largest absolute Gasteiger partial charge is 0.441 e. The fourth-order valence-corrected chi connectivity index (χ4v) is 1.46. The van der Waals surface area contributed by atoms with E-state index in [1.54, 1.807) is 25.1 Å². The Labute approximate surface area is 97.6 Å². The lowest BCUT2D eigenvalue weighted by molar-refractivity contribution is 0.245. The summed E-state index contributed by atoms with van der Waals surface area (Å²) in [7, 11) is 0. The number of benzene rings is 1. The minimum Gasteiger partial charge on any atom is -0.441 e. The molecular weight excluding hydrogens is 222 g/mol. The van der Waals surface area contributed by atoms with Gasteiger partial charge in [0.25, 0.3) is 0 Å². The number of carbonyl (C=O) groups excluding carboxylic acids is 1. The first-order chi connectivity index (χ1) is 8.19. The zero-order valence-electron chi connectivity index (χ0n) is 9.36. The van der Waals surface area contributed by atoms with Crippen molar-refractivity contribution in [1.29, 1.82) is 0 Å². The highest BCUT2D eigenvalue weighted by molar-refractivity contribution is 5.91. The fourth-order valence-electron chi connectivity index (χ4n) is 1.46. The second kappa shape index (κ2) is 4.84. The van der Waals surface area contributed by atoms with Gasteiger partial charge in [0.05, 0.1) is 6.61 Å². The molecule has 2 aromatic rings. The number of aromatic nitrogens is 1. The van der Waals surface area contributed by atoms with Crippen LogP contribution in [0.4, 0.5) is 10.5 Å². The molecule has 0 aliphatic carbocycles. The summed E-state index contributed by atoms with van der Waals surface area (Å²) >= 11 is 0. The van der Waals surface area contributed by atoms with Crippen LogP contribution in [0.2, 0.25) is 0 Å². The van der Waals surface area contributed by atoms with E-state index in [4.69, 9.17) is 9.52 Å². The van der Waals surface area contributed by atoms with E-state index >= 15 is 0 Å². The van der Waals surface area contributed by atoms with Gasteiger partial charge in [0, 0.05) is 25.2 Å². The monoisotopic (exact) mass is 235 g/mol. The van der Waals surface area contributed by atoms with E-state index in [-0.39, 0.29) is 19.2 Å². The molecule has 3 N–H and O–H groups in total. The minimum absolute atomic E-state index is 0.0895. The Balaban J connectivity index is 2.10. The summed E-state index contributed by atoms with van der Waals surface area (Å²) in [5, 5.41) is 13.7. The number of rotatable bonds is 3. The number of anilines is 1. The average molecular weight is 235 g/mol. The molecule has 0 aliphatic heterocycles. The third kappa shape index (κ3) is 2.73. The van der Waals surface area contributed by atoms with Gasteiger partial charge in [-0.05, 0) is 12.1 Å². The summed E-state index contributed by atoms with van der Waals surface area (Å²) in [6, 6.07) is 4.85. The molecule has 0 unspecified atom stereocenters. The highest BCUT2D eigenvalue weighted by Gasteiger charge is 2.05. The van der Waals surface area contributed by atoms with Gasteiger partial charge in [0.2, 0.25) is 0 Å². The lowest BCUT2D eigenvalue weighted by Crippen LogP contribution is -2.30. The van der Waals surface area contributed by atoms with Gasteiger partial charge in [-0.15, -0.1) is 0 Å². The van der Waals surface area contributed by atoms with Gasteiger partial charge in [0.15, 0.2) is 11.5 Å². The summed E-state index contributed by atoms with van der Waals surface area (Å²) in [6.45, 7) is 1.89. The number of urea groups is 1. The van der Waals surface area contributed by atoms with Crippen molar-refractivity contribution < 1.29 is 14.3 Å². The van der Waals surface area contributed by atoms with Crippen LogP contribution in [-0.4, -0.2) is 29.3 Å². The van der Waals surface area contributed by atoms with Crippen molar-refractivity contribution in [2.24, 2.45) is 0 Å². The molecule has 0 radical (unpaired) electrons. The molecule has 2 amide bonds. The summed E-state index contributed by atoms with van der Waals surface area (Å²) < 4.78 is 5.35. The molecule has 1 heterocycles. The van der Waals surface area contributed by atoms with E-state index in [2.05, 4.69) is 15.6 Å². The van der Waals surface area contributed by atoms with Gasteiger partial charge in [-0.1, -0.05) is 0 Å². The van der Waals surface area contributed by atoms with Crippen molar-refractivity contribution in [3.05, 3.63) is 24.1 Å². The van der Waals surface area contributed by atoms with Crippen LogP contribution in [0.25, 0.3) is 11.1 Å². The van der Waals surface area contributed by atoms with Gasteiger partial charge >= 0.3 is 6.03 Å². The molecule has 6 heteroatoms. The van der Waals surface area contributed by atoms with Crippen molar-refractivity contribution in [3.8, 4) is 0 Å². The molecule has 0 fully saturated rings. The third-order valence-electron chi connectivity index (χ3n) is 2.15. The van der Waals surface area contributed by atoms with Crippen molar-refractivity contribution in [2.75, 3.05) is 18.5 Å². The maximum Gasteiger partial charge on any atom is 0.319 e. The second-order valence-corrected chi connectivity index (χ2v) is 3.52. The minimum atomic E-state index is -0.366. The number of oxazole rings is 1. The number of hydrogen-bond donors (Lipinski definition) is 3. The number of nitrogens with one attached hydrogen (secondary N) is 2. The number of amides is 2. The number of aliphatic hydroxyl groups excluding tert-OH is 1. The SMILES string of the molecule is Cc1nc2ccc(NC(=O)NCCO)cc2o1. The van der Waals surface area contributed by atoms with E-state index in [9.17, 15) is 4.79 Å². The number of nitrogens with zero attached hydrogens (tertiary/aromatic N) is 1. The Morgan fingerprint density at radius 2 is 2.35 bits per heavy atom. The van der Waals surface area contributed by atoms with Crippen LogP contribution in [0, 0.1) is 6.92 Å². The summed E-state index contributed by atoms with van der Waals surface area (Å²) in [4.78, 5) is 15.5. The topological polar surface area (TPSA) is 87.4 Å². The van der Waals surface area contributed by atoms with Gasteiger partial charge in [-0.25, -0.2) is 9.78 Å². The molecule has 1 aromatic heterocycles. The molecule has 0 atom stereocenters. The van der Waals surface area contributed by atoms with Crippen LogP contribution in [0.5, 0.6) is 0 Å². The molecule has 6 nitrogen and oxygen atoms in total. The molecule has 90 valence electrons. The standard InChI is InChI=1S/C11H13N3O3/c1-7-13-9-3-2-8(6-10(9)17-7)14-11(16)12-4-5-15/h2-3,6,15H,4-5H2,1H3,(H2,12,14,16). The average Bonchev–Trinajstić information content (AvgIpc) is 2.65. The molecule has 0 saturated carbocycles. The van der Waals surface area contributed by atoms with E-state index < -0.39 is 0 Å². The Hall–Kier alpha value is -2.08. The first-order valence-electron chi connectivity index (χ1n) is 5.22. The fraction of sp³-hybridized carbons (Fsp3) is 0.273. The van der Waals surface area contributed by atoms with Crippen LogP contribution in [0.1, 0.15) is 5.89 Å². The summed E-state index contributed by atoms with van der Waals surface area (Å²) in [6.07, 6.45) is 0. The molecule has 1 aromatic carbocycles. The van der Waals surface area contributed by atoms with Gasteiger partial charge in [-0.2, -0.15) is 0 Å². The maximum atomic E-state index is 11.3. The normalized spacial score (nSPS) is 10.5. The van der Waals surface area contributed by atoms with E-state index in [0.29, 0.717) is 17.2 Å². The van der Waals surface area contributed by atoms with Crippen molar-refractivity contribution in [2.45, 2.75) is 6.92 Å². The Kier molecular flexibility index (Phi) is 3.24. The zero-order valence-corrected chi connectivity index (χ0v) is 9.36. The van der Waals surface area contributed by atoms with Crippen LogP contribution in [-0.2, 0) is 0 Å². The highest BCUT2D eigenvalue weighted by atomic mass is 16.3. The molecular formula is C11H13N3O3.